The molecule has 0 aliphatic heterocycles. The van der Waals surface area contributed by atoms with Crippen LogP contribution in [0, 0.1) is 73.8 Å². The first-order chi connectivity index (χ1) is 22.3. The van der Waals surface area contributed by atoms with Crippen molar-refractivity contribution in [2.45, 2.75) is 12.4 Å². The molecular weight excluding hydrogens is 625 g/mol. The molecule has 2 aliphatic rings. The van der Waals surface area contributed by atoms with Crippen LogP contribution >= 0.6 is 0 Å². The third kappa shape index (κ3) is 4.86. The van der Waals surface area contributed by atoms with E-state index in [1.165, 1.54) is 0 Å². The second-order valence-corrected chi connectivity index (χ2v) is 9.86. The lowest BCUT2D eigenvalue weighted by Crippen LogP contribution is -2.04. The average Bonchev–Trinajstić information content (AvgIpc) is 3.55. The summed E-state index contributed by atoms with van der Waals surface area (Å²) in [5.41, 5.74) is -7.36. The van der Waals surface area contributed by atoms with E-state index in [0.29, 0.717) is 24.3 Å². The summed E-state index contributed by atoms with van der Waals surface area (Å²) in [6.07, 6.45) is -9.46. The Balaban J connectivity index is 1.91. The van der Waals surface area contributed by atoms with E-state index >= 15 is 4.39 Å². The summed E-state index contributed by atoms with van der Waals surface area (Å²) in [6, 6.07) is 17.8. The van der Waals surface area contributed by atoms with Crippen LogP contribution < -0.4 is 0 Å². The average molecular weight is 634 g/mol. The Morgan fingerprint density at radius 3 is 1.09 bits per heavy atom. The molecule has 5 rings (SSSR count). The number of nitriles is 6. The molecule has 0 saturated heterocycles. The normalized spacial score (nSPS) is 13.5. The highest BCUT2D eigenvalue weighted by Gasteiger charge is 2.41. The molecule has 13 heteroatoms. The topological polar surface area (TPSA) is 143 Å². The third-order valence-corrected chi connectivity index (χ3v) is 7.48. The number of hydrogen-bond acceptors (Lipinski definition) is 6. The molecule has 0 aromatic heterocycles. The van der Waals surface area contributed by atoms with Crippen molar-refractivity contribution in [1.29, 1.82) is 31.6 Å². The third-order valence-electron chi connectivity index (χ3n) is 7.48. The van der Waals surface area contributed by atoms with Crippen LogP contribution in [-0.2, 0) is 12.4 Å². The molecule has 0 heterocycles. The van der Waals surface area contributed by atoms with E-state index in [1.54, 1.807) is 36.4 Å². The Hall–Kier alpha value is -6.93. The largest absolute Gasteiger partial charge is 0.416 e. The smallest absolute Gasteiger partial charge is 0.206 e. The van der Waals surface area contributed by atoms with Crippen LogP contribution in [0.5, 0.6) is 0 Å². The van der Waals surface area contributed by atoms with Gasteiger partial charge in [-0.15, -0.1) is 0 Å². The van der Waals surface area contributed by atoms with Gasteiger partial charge in [-0.2, -0.15) is 57.9 Å². The zero-order chi connectivity index (χ0) is 34.4. The molecule has 0 unspecified atom stereocenters. The fourth-order valence-electron chi connectivity index (χ4n) is 5.55. The standard InChI is InChI=1S/C34H9F7N6/c35-32-30-22(28(18(10-42)11-43)26(24(30)14-46)16-1-5-20(6-2-16)33(36,37)38)9-23-29(19(12-44)13-45)27(25(15-47)31(23)32)17-3-7-21(8-4-17)34(39,40)41/h1-9H. The van der Waals surface area contributed by atoms with Crippen LogP contribution in [0.4, 0.5) is 30.7 Å². The van der Waals surface area contributed by atoms with Crippen molar-refractivity contribution in [3.63, 3.8) is 0 Å². The predicted octanol–water partition coefficient (Wildman–Crippen LogP) is 8.36. The molecular formula is C34H9F7N6. The van der Waals surface area contributed by atoms with Crippen LogP contribution in [-0.4, -0.2) is 0 Å². The Morgan fingerprint density at radius 1 is 0.511 bits per heavy atom. The van der Waals surface area contributed by atoms with Gasteiger partial charge in [-0.25, -0.2) is 4.39 Å². The number of benzene rings is 3. The minimum absolute atomic E-state index is 0.0877. The lowest BCUT2D eigenvalue weighted by atomic mass is 9.88. The highest BCUT2D eigenvalue weighted by molar-refractivity contribution is 6.30. The minimum atomic E-state index is -4.73. The van der Waals surface area contributed by atoms with Crippen molar-refractivity contribution in [2.75, 3.05) is 0 Å². The van der Waals surface area contributed by atoms with Gasteiger partial charge in [0.25, 0.3) is 0 Å². The summed E-state index contributed by atoms with van der Waals surface area (Å²) in [5.74, 6) is -1.27. The minimum Gasteiger partial charge on any atom is -0.206 e. The molecule has 6 nitrogen and oxygen atoms in total. The van der Waals surface area contributed by atoms with Gasteiger partial charge < -0.3 is 0 Å². The number of hydrogen-bond donors (Lipinski definition) is 0. The maximum absolute atomic E-state index is 16.8. The first-order valence-electron chi connectivity index (χ1n) is 12.9. The molecule has 0 bridgehead atoms. The zero-order valence-corrected chi connectivity index (χ0v) is 23.0. The van der Waals surface area contributed by atoms with Crippen LogP contribution in [0.2, 0.25) is 0 Å². The van der Waals surface area contributed by atoms with E-state index in [2.05, 4.69) is 0 Å². The molecule has 47 heavy (non-hydrogen) atoms. The van der Waals surface area contributed by atoms with Crippen molar-refractivity contribution < 1.29 is 30.7 Å². The van der Waals surface area contributed by atoms with Crippen LogP contribution in [0.15, 0.2) is 65.7 Å². The summed E-state index contributed by atoms with van der Waals surface area (Å²) in [4.78, 5) is 0. The highest BCUT2D eigenvalue weighted by Crippen LogP contribution is 2.55. The Morgan fingerprint density at radius 2 is 0.830 bits per heavy atom. The molecule has 0 N–H and O–H groups in total. The van der Waals surface area contributed by atoms with Gasteiger partial charge in [-0.3, -0.25) is 0 Å². The summed E-state index contributed by atoms with van der Waals surface area (Å²) in [6.45, 7) is 0. The highest BCUT2D eigenvalue weighted by atomic mass is 19.4. The lowest BCUT2D eigenvalue weighted by Gasteiger charge is -2.13. The zero-order valence-electron chi connectivity index (χ0n) is 23.0. The van der Waals surface area contributed by atoms with Gasteiger partial charge >= 0.3 is 12.4 Å². The van der Waals surface area contributed by atoms with Crippen LogP contribution in [0.1, 0.15) is 44.5 Å². The van der Waals surface area contributed by atoms with E-state index in [1.807, 2.05) is 0 Å². The molecule has 0 radical (unpaired) electrons. The van der Waals surface area contributed by atoms with Crippen LogP contribution in [0.3, 0.4) is 0 Å². The lowest BCUT2D eigenvalue weighted by molar-refractivity contribution is -0.138. The van der Waals surface area contributed by atoms with Gasteiger partial charge in [0.15, 0.2) is 0 Å². The molecule has 3 aromatic carbocycles. The maximum atomic E-state index is 16.8. The molecule has 0 amide bonds. The van der Waals surface area contributed by atoms with Crippen molar-refractivity contribution >= 4 is 33.4 Å². The predicted molar refractivity (Wildman–Crippen MR) is 150 cm³/mol. The van der Waals surface area contributed by atoms with Crippen molar-refractivity contribution in [3.8, 4) is 36.4 Å². The van der Waals surface area contributed by atoms with E-state index in [0.717, 1.165) is 30.3 Å². The quantitative estimate of drug-likeness (QED) is 0.205. The van der Waals surface area contributed by atoms with E-state index < -0.39 is 62.7 Å². The number of halogens is 7. The van der Waals surface area contributed by atoms with Crippen molar-refractivity contribution in [3.05, 3.63) is 116 Å². The van der Waals surface area contributed by atoms with Gasteiger partial charge in [0, 0.05) is 33.4 Å². The van der Waals surface area contributed by atoms with Gasteiger partial charge in [0.2, 0.25) is 0 Å². The molecule has 0 spiro atoms. The number of fused-ring (bicyclic) bond motifs is 2. The van der Waals surface area contributed by atoms with Crippen molar-refractivity contribution in [1.82, 2.24) is 0 Å². The molecule has 224 valence electrons. The van der Waals surface area contributed by atoms with E-state index in [4.69, 9.17) is 0 Å². The molecule has 3 aromatic rings. The summed E-state index contributed by atoms with van der Waals surface area (Å²) < 4.78 is 96.4. The molecule has 0 fully saturated rings. The van der Waals surface area contributed by atoms with Gasteiger partial charge in [-0.1, -0.05) is 24.3 Å². The van der Waals surface area contributed by atoms with Crippen molar-refractivity contribution in [2.24, 2.45) is 0 Å². The summed E-state index contributed by atoms with van der Waals surface area (Å²) in [5, 5.41) is 59.6. The fraction of sp³-hybridized carbons (Fsp3) is 0.0588. The number of rotatable bonds is 2. The Kier molecular flexibility index (Phi) is 7.51. The van der Waals surface area contributed by atoms with Gasteiger partial charge in [0.05, 0.1) is 22.3 Å². The SMILES string of the molecule is N#CC(C#N)=C1C(c2ccc(C(F)(F)F)cc2)=C(C#N)c2c1cc1c(c2F)C(C#N)=C(c2ccc(C(F)(F)F)cc2)C1=C(C#N)C#N. The maximum Gasteiger partial charge on any atom is 0.416 e. The Labute approximate surface area is 260 Å². The first kappa shape index (κ1) is 31.5. The van der Waals surface area contributed by atoms with Gasteiger partial charge in [0.1, 0.15) is 53.4 Å². The molecule has 0 atom stereocenters. The summed E-state index contributed by atoms with van der Waals surface area (Å²) >= 11 is 0. The number of allylic oxidation sites excluding steroid dienone is 8. The van der Waals surface area contributed by atoms with E-state index in [-0.39, 0.29) is 44.5 Å². The second-order valence-electron chi connectivity index (χ2n) is 9.86. The van der Waals surface area contributed by atoms with Gasteiger partial charge in [-0.05, 0) is 52.6 Å². The summed E-state index contributed by atoms with van der Waals surface area (Å²) in [7, 11) is 0. The monoisotopic (exact) mass is 634 g/mol. The van der Waals surface area contributed by atoms with E-state index in [9.17, 15) is 57.9 Å². The van der Waals surface area contributed by atoms with Crippen LogP contribution in [0.25, 0.3) is 33.4 Å². The second kappa shape index (κ2) is 11.2. The number of nitrogens with zero attached hydrogens (tertiary/aromatic N) is 6. The first-order valence-corrected chi connectivity index (χ1v) is 12.9. The fourth-order valence-corrected chi connectivity index (χ4v) is 5.55. The molecule has 2 aliphatic carbocycles. The molecule has 0 saturated carbocycles. The Bertz CT molecular complexity index is 2120. The number of alkyl halides is 6.